The standard InChI is InChI=1S/C20H26F3N5O5S/c1-11(9-20(21,22)23)26-19(30)33-14-5-2-12(8-14)16-10-25-17(18(29)28-16)27-13-3-6-15(7-4-13)34(24,31)32/h3,6,10-12,14H,2,4-5,7-9H2,1H3,(H,25,27)(H,26,30)(H,28,29)(H2,24,31,32)/t11-,12+,14-/m0/s1. The average molecular weight is 506 g/mol. The lowest BCUT2D eigenvalue weighted by Gasteiger charge is -2.18. The monoisotopic (exact) mass is 505 g/mol. The van der Waals surface area contributed by atoms with E-state index in [0.717, 1.165) is 0 Å². The number of aromatic nitrogens is 2. The van der Waals surface area contributed by atoms with Crippen LogP contribution in [0, 0.1) is 0 Å². The number of alkyl halides is 3. The van der Waals surface area contributed by atoms with Gasteiger partial charge in [0.25, 0.3) is 5.56 Å². The van der Waals surface area contributed by atoms with Crippen LogP contribution < -0.4 is 21.3 Å². The number of halogens is 3. The largest absolute Gasteiger partial charge is 0.446 e. The van der Waals surface area contributed by atoms with Gasteiger partial charge in [-0.25, -0.2) is 23.3 Å². The van der Waals surface area contributed by atoms with E-state index in [2.05, 4.69) is 20.6 Å². The van der Waals surface area contributed by atoms with Crippen LogP contribution in [0.3, 0.4) is 0 Å². The lowest BCUT2D eigenvalue weighted by atomic mass is 10.0. The summed E-state index contributed by atoms with van der Waals surface area (Å²) in [7, 11) is -3.75. The van der Waals surface area contributed by atoms with E-state index in [4.69, 9.17) is 9.88 Å². The van der Waals surface area contributed by atoms with Crippen molar-refractivity contribution in [1.82, 2.24) is 15.3 Å². The number of rotatable bonds is 7. The molecule has 5 N–H and O–H groups in total. The summed E-state index contributed by atoms with van der Waals surface area (Å²) in [5.74, 6) is -0.0833. The van der Waals surface area contributed by atoms with Gasteiger partial charge in [0.05, 0.1) is 11.3 Å². The molecule has 1 aromatic heterocycles. The first-order valence-corrected chi connectivity index (χ1v) is 12.2. The Kier molecular flexibility index (Phi) is 7.70. The van der Waals surface area contributed by atoms with Gasteiger partial charge < -0.3 is 20.4 Å². The Morgan fingerprint density at radius 2 is 2.06 bits per heavy atom. The van der Waals surface area contributed by atoms with Crippen LogP contribution in [0.5, 0.6) is 0 Å². The molecule has 0 aliphatic heterocycles. The number of hydrogen-bond donors (Lipinski definition) is 4. The third kappa shape index (κ3) is 7.32. The summed E-state index contributed by atoms with van der Waals surface area (Å²) in [6, 6.07) is -1.11. The number of anilines is 1. The van der Waals surface area contributed by atoms with Crippen LogP contribution >= 0.6 is 0 Å². The minimum atomic E-state index is -4.39. The quantitative estimate of drug-likeness (QED) is 0.444. The second kappa shape index (κ2) is 10.2. The fourth-order valence-corrected chi connectivity index (χ4v) is 4.58. The van der Waals surface area contributed by atoms with Crippen LogP contribution in [0.25, 0.3) is 0 Å². The van der Waals surface area contributed by atoms with Gasteiger partial charge in [0, 0.05) is 29.5 Å². The normalized spacial score (nSPS) is 21.9. The van der Waals surface area contributed by atoms with Gasteiger partial charge in [0.2, 0.25) is 10.0 Å². The molecule has 0 saturated heterocycles. The van der Waals surface area contributed by atoms with Crippen LogP contribution in [-0.4, -0.2) is 42.8 Å². The van der Waals surface area contributed by atoms with E-state index in [9.17, 15) is 31.2 Å². The number of hydrogen-bond acceptors (Lipinski definition) is 7. The third-order valence-corrected chi connectivity index (χ3v) is 6.63. The number of amides is 1. The van der Waals surface area contributed by atoms with Crippen molar-refractivity contribution in [3.8, 4) is 0 Å². The molecule has 10 nitrogen and oxygen atoms in total. The van der Waals surface area contributed by atoms with Gasteiger partial charge in [-0.15, -0.1) is 0 Å². The lowest BCUT2D eigenvalue weighted by Crippen LogP contribution is -2.37. The molecule has 1 fully saturated rings. The van der Waals surface area contributed by atoms with Crippen LogP contribution in [0.4, 0.5) is 23.8 Å². The van der Waals surface area contributed by atoms with Crippen LogP contribution in [0.1, 0.15) is 57.1 Å². The first kappa shape index (κ1) is 25.7. The molecule has 3 atom stereocenters. The number of primary sulfonamides is 1. The number of nitrogens with one attached hydrogen (secondary N) is 3. The van der Waals surface area contributed by atoms with Gasteiger partial charge >= 0.3 is 12.3 Å². The molecule has 2 aliphatic rings. The van der Waals surface area contributed by atoms with Crippen molar-refractivity contribution >= 4 is 21.9 Å². The Balaban J connectivity index is 1.55. The minimum absolute atomic E-state index is 0.0475. The van der Waals surface area contributed by atoms with E-state index < -0.39 is 46.4 Å². The molecule has 1 heterocycles. The van der Waals surface area contributed by atoms with Crippen molar-refractivity contribution in [2.75, 3.05) is 5.32 Å². The van der Waals surface area contributed by atoms with E-state index in [1.807, 2.05) is 0 Å². The van der Waals surface area contributed by atoms with Crippen LogP contribution in [0.2, 0.25) is 0 Å². The van der Waals surface area contributed by atoms with E-state index in [0.29, 0.717) is 37.1 Å². The summed E-state index contributed by atoms with van der Waals surface area (Å²) in [6.07, 6.45) is -0.477. The molecule has 188 valence electrons. The maximum atomic E-state index is 12.5. The maximum Gasteiger partial charge on any atom is 0.407 e. The summed E-state index contributed by atoms with van der Waals surface area (Å²) in [6.45, 7) is 1.25. The maximum absolute atomic E-state index is 12.5. The Labute approximate surface area is 193 Å². The highest BCUT2D eigenvalue weighted by Gasteiger charge is 2.33. The zero-order chi connectivity index (χ0) is 25.1. The van der Waals surface area contributed by atoms with Crippen molar-refractivity contribution in [3.63, 3.8) is 0 Å². The predicted octanol–water partition coefficient (Wildman–Crippen LogP) is 2.74. The van der Waals surface area contributed by atoms with Gasteiger partial charge in [0.15, 0.2) is 5.82 Å². The highest BCUT2D eigenvalue weighted by Crippen LogP contribution is 2.35. The van der Waals surface area contributed by atoms with Gasteiger partial charge in [-0.3, -0.25) is 4.79 Å². The van der Waals surface area contributed by atoms with Crippen molar-refractivity contribution in [1.29, 1.82) is 0 Å². The molecule has 0 bridgehead atoms. The average Bonchev–Trinajstić information content (AvgIpc) is 3.16. The summed E-state index contributed by atoms with van der Waals surface area (Å²) in [5.41, 5.74) is 0.697. The van der Waals surface area contributed by atoms with Crippen LogP contribution in [0.15, 0.2) is 33.7 Å². The predicted molar refractivity (Wildman–Crippen MR) is 117 cm³/mol. The molecule has 1 aromatic rings. The fourth-order valence-electron chi connectivity index (χ4n) is 3.94. The first-order chi connectivity index (χ1) is 15.8. The Bertz CT molecular complexity index is 1150. The number of ether oxygens (including phenoxy) is 1. The van der Waals surface area contributed by atoms with Crippen molar-refractivity contribution in [2.24, 2.45) is 5.14 Å². The summed E-state index contributed by atoms with van der Waals surface area (Å²) < 4.78 is 65.1. The number of sulfonamides is 1. The number of carbonyl (C=O) groups is 1. The third-order valence-electron chi connectivity index (χ3n) is 5.56. The minimum Gasteiger partial charge on any atom is -0.446 e. The zero-order valence-electron chi connectivity index (χ0n) is 18.3. The molecule has 0 radical (unpaired) electrons. The Hall–Kier alpha value is -2.87. The fraction of sp³-hybridized carbons (Fsp3) is 0.550. The van der Waals surface area contributed by atoms with Gasteiger partial charge in [-0.2, -0.15) is 13.2 Å². The lowest BCUT2D eigenvalue weighted by molar-refractivity contribution is -0.138. The first-order valence-electron chi connectivity index (χ1n) is 10.6. The molecule has 0 spiro atoms. The number of allylic oxidation sites excluding steroid dienone is 4. The number of alkyl carbamates (subject to hydrolysis) is 1. The molecule has 3 rings (SSSR count). The van der Waals surface area contributed by atoms with Gasteiger partial charge in [-0.1, -0.05) is 0 Å². The van der Waals surface area contributed by atoms with Crippen molar-refractivity contribution < 1.29 is 31.1 Å². The topological polar surface area (TPSA) is 156 Å². The molecule has 34 heavy (non-hydrogen) atoms. The Morgan fingerprint density at radius 3 is 2.65 bits per heavy atom. The number of H-pyrrole nitrogens is 1. The molecule has 1 amide bonds. The van der Waals surface area contributed by atoms with Crippen molar-refractivity contribution in [2.45, 2.75) is 69.7 Å². The van der Waals surface area contributed by atoms with Gasteiger partial charge in [-0.05, 0) is 51.2 Å². The van der Waals surface area contributed by atoms with E-state index in [1.165, 1.54) is 25.3 Å². The highest BCUT2D eigenvalue weighted by atomic mass is 32.2. The molecule has 1 saturated carbocycles. The number of carbonyl (C=O) groups excluding carboxylic acids is 1. The summed E-state index contributed by atoms with van der Waals surface area (Å²) in [5, 5.41) is 10.2. The van der Waals surface area contributed by atoms with Gasteiger partial charge in [0.1, 0.15) is 6.10 Å². The smallest absolute Gasteiger partial charge is 0.407 e. The molecular formula is C20H26F3N5O5S. The summed E-state index contributed by atoms with van der Waals surface area (Å²) >= 11 is 0. The zero-order valence-corrected chi connectivity index (χ0v) is 19.1. The molecule has 0 unspecified atom stereocenters. The van der Waals surface area contributed by atoms with Crippen LogP contribution in [-0.2, 0) is 14.8 Å². The Morgan fingerprint density at radius 1 is 1.32 bits per heavy atom. The number of nitrogens with zero attached hydrogens (tertiary/aromatic N) is 1. The number of nitrogens with two attached hydrogens (primary N) is 1. The van der Waals surface area contributed by atoms with E-state index >= 15 is 0 Å². The molecule has 0 aromatic carbocycles. The highest BCUT2D eigenvalue weighted by molar-refractivity contribution is 7.93. The van der Waals surface area contributed by atoms with E-state index in [1.54, 1.807) is 0 Å². The molecule has 2 aliphatic carbocycles. The SMILES string of the molecule is C[C@@H](CC(F)(F)F)NC(=O)O[C@H]1CC[C@@H](c2cnc(NC3=CC=C(S(N)(=O)=O)CC3)c(=O)[nH]2)C1. The van der Waals surface area contributed by atoms with Crippen molar-refractivity contribution in [3.05, 3.63) is 45.0 Å². The summed E-state index contributed by atoms with van der Waals surface area (Å²) in [4.78, 5) is 31.4. The molecular weight excluding hydrogens is 479 g/mol. The molecule has 14 heteroatoms. The number of aromatic amines is 1. The second-order valence-corrected chi connectivity index (χ2v) is 10.0. The van der Waals surface area contributed by atoms with E-state index in [-0.39, 0.29) is 23.1 Å². The second-order valence-electron chi connectivity index (χ2n) is 8.41.